The molecule has 3 N–H and O–H groups in total. The molecule has 1 fully saturated rings. The summed E-state index contributed by atoms with van der Waals surface area (Å²) in [4.78, 5) is 37.0. The van der Waals surface area contributed by atoms with Gasteiger partial charge in [0.2, 0.25) is 0 Å². The Bertz CT molecular complexity index is 510. The summed E-state index contributed by atoms with van der Waals surface area (Å²) in [7, 11) is 1.53. The average Bonchev–Trinajstić information content (AvgIpc) is 2.89. The van der Waals surface area contributed by atoms with Gasteiger partial charge in [-0.05, 0) is 6.07 Å². The van der Waals surface area contributed by atoms with Crippen molar-refractivity contribution in [2.45, 2.75) is 6.54 Å². The molecule has 1 aliphatic rings. The number of carbonyl (C=O) groups excluding carboxylic acids is 3. The maximum atomic E-state index is 11.7. The third-order valence-corrected chi connectivity index (χ3v) is 2.64. The Morgan fingerprint density at radius 3 is 2.83 bits per heavy atom. The first kappa shape index (κ1) is 12.1. The summed E-state index contributed by atoms with van der Waals surface area (Å²) in [6, 6.07) is 1.11. The van der Waals surface area contributed by atoms with Crippen molar-refractivity contribution in [1.29, 1.82) is 0 Å². The molecule has 1 saturated heterocycles. The van der Waals surface area contributed by atoms with Gasteiger partial charge >= 0.3 is 11.9 Å². The number of nitrogens with two attached hydrogens (primary N) is 1. The second-order valence-corrected chi connectivity index (χ2v) is 3.87. The Kier molecular flexibility index (Phi) is 3.02. The predicted molar refractivity (Wildman–Crippen MR) is 58.9 cm³/mol. The van der Waals surface area contributed by atoms with Gasteiger partial charge in [0.15, 0.2) is 5.76 Å². The molecule has 0 unspecified atom stereocenters. The normalized spacial score (nSPS) is 15.4. The maximum Gasteiger partial charge on any atom is 0.327 e. The maximum absolute atomic E-state index is 11.7. The fourth-order valence-corrected chi connectivity index (χ4v) is 1.72. The molecule has 0 aliphatic carbocycles. The first-order valence-corrected chi connectivity index (χ1v) is 5.17. The number of carbonyl (C=O) groups is 3. The van der Waals surface area contributed by atoms with Crippen molar-refractivity contribution in [1.82, 2.24) is 15.2 Å². The van der Waals surface area contributed by atoms with Crippen molar-refractivity contribution in [3.8, 4) is 0 Å². The van der Waals surface area contributed by atoms with Crippen molar-refractivity contribution in [2.24, 2.45) is 5.84 Å². The van der Waals surface area contributed by atoms with Crippen LogP contribution in [0.1, 0.15) is 16.1 Å². The van der Waals surface area contributed by atoms with Crippen LogP contribution in [0.4, 0.5) is 4.79 Å². The molecule has 2 heterocycles. The van der Waals surface area contributed by atoms with Crippen LogP contribution in [0.15, 0.2) is 16.7 Å². The van der Waals surface area contributed by atoms with Gasteiger partial charge in [-0.2, -0.15) is 0 Å². The molecule has 0 saturated carbocycles. The zero-order valence-corrected chi connectivity index (χ0v) is 9.67. The third-order valence-electron chi connectivity index (χ3n) is 2.64. The van der Waals surface area contributed by atoms with E-state index in [-0.39, 0.29) is 24.8 Å². The lowest BCUT2D eigenvalue weighted by atomic mass is 10.2. The lowest BCUT2D eigenvalue weighted by Crippen LogP contribution is -2.33. The largest absolute Gasteiger partial charge is 0.459 e. The minimum Gasteiger partial charge on any atom is -0.459 e. The van der Waals surface area contributed by atoms with Gasteiger partial charge in [0.05, 0.1) is 12.8 Å². The zero-order valence-electron chi connectivity index (χ0n) is 9.67. The third kappa shape index (κ3) is 1.93. The number of urea groups is 1. The zero-order chi connectivity index (χ0) is 13.3. The van der Waals surface area contributed by atoms with E-state index in [4.69, 9.17) is 10.3 Å². The monoisotopic (exact) mass is 252 g/mol. The van der Waals surface area contributed by atoms with E-state index < -0.39 is 11.9 Å². The van der Waals surface area contributed by atoms with Crippen molar-refractivity contribution in [3.05, 3.63) is 23.7 Å². The molecular weight excluding hydrogens is 240 g/mol. The van der Waals surface area contributed by atoms with Crippen LogP contribution in [0, 0.1) is 0 Å². The van der Waals surface area contributed by atoms with Crippen molar-refractivity contribution >= 4 is 17.8 Å². The number of nitrogens with zero attached hydrogens (tertiary/aromatic N) is 2. The molecule has 1 aromatic rings. The van der Waals surface area contributed by atoms with Crippen LogP contribution in [-0.4, -0.2) is 41.2 Å². The van der Waals surface area contributed by atoms with Gasteiger partial charge in [-0.25, -0.2) is 10.6 Å². The van der Waals surface area contributed by atoms with Gasteiger partial charge in [-0.15, -0.1) is 0 Å². The van der Waals surface area contributed by atoms with Crippen LogP contribution >= 0.6 is 0 Å². The van der Waals surface area contributed by atoms with Crippen LogP contribution < -0.4 is 11.3 Å². The van der Waals surface area contributed by atoms with Gasteiger partial charge in [0, 0.05) is 12.6 Å². The number of imide groups is 1. The summed E-state index contributed by atoms with van der Waals surface area (Å²) in [6.45, 7) is 0.0242. The molecule has 8 heteroatoms. The van der Waals surface area contributed by atoms with Gasteiger partial charge < -0.3 is 9.32 Å². The summed E-state index contributed by atoms with van der Waals surface area (Å²) in [6.07, 6.45) is 1.30. The Morgan fingerprint density at radius 1 is 1.56 bits per heavy atom. The Labute approximate surface area is 102 Å². The molecule has 96 valence electrons. The molecule has 0 spiro atoms. The Morgan fingerprint density at radius 2 is 2.28 bits per heavy atom. The van der Waals surface area contributed by atoms with Gasteiger partial charge in [-0.3, -0.25) is 19.9 Å². The summed E-state index contributed by atoms with van der Waals surface area (Å²) >= 11 is 0. The number of hydrogen-bond acceptors (Lipinski definition) is 5. The minimum atomic E-state index is -0.609. The average molecular weight is 252 g/mol. The summed E-state index contributed by atoms with van der Waals surface area (Å²) < 4.78 is 4.97. The molecule has 1 aromatic heterocycles. The molecular formula is C10H12N4O4. The van der Waals surface area contributed by atoms with Gasteiger partial charge in [-0.1, -0.05) is 0 Å². The molecule has 0 aromatic carbocycles. The highest BCUT2D eigenvalue weighted by molar-refractivity contribution is 6.02. The van der Waals surface area contributed by atoms with Crippen LogP contribution in [0.3, 0.4) is 0 Å². The van der Waals surface area contributed by atoms with E-state index >= 15 is 0 Å². The SMILES string of the molecule is CN1CC(=O)N(Cc2ccoc2C(=O)NN)C1=O. The van der Waals surface area contributed by atoms with E-state index in [0.717, 1.165) is 4.90 Å². The number of likely N-dealkylation sites (N-methyl/N-ethyl adjacent to an activating group) is 1. The molecule has 0 bridgehead atoms. The second kappa shape index (κ2) is 4.49. The smallest absolute Gasteiger partial charge is 0.327 e. The van der Waals surface area contributed by atoms with Crippen molar-refractivity contribution < 1.29 is 18.8 Å². The van der Waals surface area contributed by atoms with Gasteiger partial charge in [0.1, 0.15) is 6.54 Å². The Balaban J connectivity index is 2.20. The molecule has 4 amide bonds. The van der Waals surface area contributed by atoms with E-state index in [9.17, 15) is 14.4 Å². The number of nitrogen functional groups attached to an aromatic ring is 1. The first-order chi connectivity index (χ1) is 8.54. The number of hydrazine groups is 1. The molecule has 2 rings (SSSR count). The van der Waals surface area contributed by atoms with Crippen LogP contribution in [0.25, 0.3) is 0 Å². The molecule has 0 atom stereocenters. The standard InChI is InChI=1S/C10H12N4O4/c1-13-5-7(15)14(10(13)17)4-6-2-3-18-8(6)9(16)12-11/h2-3H,4-5,11H2,1H3,(H,12,16). The first-order valence-electron chi connectivity index (χ1n) is 5.17. The Hall–Kier alpha value is -2.35. The minimum absolute atomic E-state index is 0.00680. The molecule has 8 nitrogen and oxygen atoms in total. The van der Waals surface area contributed by atoms with Crippen LogP contribution in [-0.2, 0) is 11.3 Å². The van der Waals surface area contributed by atoms with Crippen molar-refractivity contribution in [2.75, 3.05) is 13.6 Å². The van der Waals surface area contributed by atoms with E-state index in [0.29, 0.717) is 5.56 Å². The number of hydrogen-bond donors (Lipinski definition) is 2. The van der Waals surface area contributed by atoms with Crippen molar-refractivity contribution in [3.63, 3.8) is 0 Å². The number of furan rings is 1. The van der Waals surface area contributed by atoms with Crippen LogP contribution in [0.2, 0.25) is 0 Å². The molecule has 0 radical (unpaired) electrons. The molecule has 1 aliphatic heterocycles. The highest BCUT2D eigenvalue weighted by Crippen LogP contribution is 2.17. The second-order valence-electron chi connectivity index (χ2n) is 3.87. The van der Waals surface area contributed by atoms with E-state index in [1.807, 2.05) is 5.43 Å². The number of nitrogens with one attached hydrogen (secondary N) is 1. The van der Waals surface area contributed by atoms with E-state index in [1.165, 1.54) is 24.3 Å². The van der Waals surface area contributed by atoms with E-state index in [2.05, 4.69) is 0 Å². The van der Waals surface area contributed by atoms with Crippen LogP contribution in [0.5, 0.6) is 0 Å². The lowest BCUT2D eigenvalue weighted by molar-refractivity contribution is -0.125. The fraction of sp³-hybridized carbons (Fsp3) is 0.300. The summed E-state index contributed by atoms with van der Waals surface area (Å²) in [5, 5.41) is 0. The summed E-state index contributed by atoms with van der Waals surface area (Å²) in [5.41, 5.74) is 2.36. The van der Waals surface area contributed by atoms with Gasteiger partial charge in [0.25, 0.3) is 5.91 Å². The highest BCUT2D eigenvalue weighted by atomic mass is 16.3. The quantitative estimate of drug-likeness (QED) is 0.319. The van der Waals surface area contributed by atoms with E-state index in [1.54, 1.807) is 0 Å². The highest BCUT2D eigenvalue weighted by Gasteiger charge is 2.34. The number of rotatable bonds is 3. The topological polar surface area (TPSA) is 109 Å². The fourth-order valence-electron chi connectivity index (χ4n) is 1.72. The lowest BCUT2D eigenvalue weighted by Gasteiger charge is -2.13. The number of amides is 4. The molecule has 18 heavy (non-hydrogen) atoms. The summed E-state index contributed by atoms with van der Waals surface area (Å²) in [5.74, 6) is 4.07. The predicted octanol–water partition coefficient (Wildman–Crippen LogP) is -0.723.